The molecule has 0 unspecified atom stereocenters. The molecule has 0 aliphatic heterocycles. The molecule has 2 rings (SSSR count). The van der Waals surface area contributed by atoms with Gasteiger partial charge in [-0.2, -0.15) is 5.10 Å². The van der Waals surface area contributed by atoms with Gasteiger partial charge >= 0.3 is 0 Å². The number of ether oxygens (including phenoxy) is 1. The summed E-state index contributed by atoms with van der Waals surface area (Å²) >= 11 is 0. The smallest absolute Gasteiger partial charge is 0.189 e. The quantitative estimate of drug-likeness (QED) is 0.354. The molecule has 0 amide bonds. The number of carbonyl (C=O) groups is 1. The van der Waals surface area contributed by atoms with Crippen LogP contribution in [0.15, 0.2) is 42.7 Å². The van der Waals surface area contributed by atoms with E-state index in [9.17, 15) is 4.79 Å². The Balaban J connectivity index is 1.95. The van der Waals surface area contributed by atoms with Crippen LogP contribution in [0.3, 0.4) is 0 Å². The van der Waals surface area contributed by atoms with Crippen molar-refractivity contribution >= 4 is 11.9 Å². The minimum Gasteiger partial charge on any atom is -0.493 e. The predicted octanol–water partition coefficient (Wildman–Crippen LogP) is 2.72. The summed E-state index contributed by atoms with van der Waals surface area (Å²) in [5.74, 6) is 3.21. The highest BCUT2D eigenvalue weighted by molar-refractivity contribution is 6.06. The first kappa shape index (κ1) is 14.6. The Morgan fingerprint density at radius 1 is 1.43 bits per heavy atom. The van der Waals surface area contributed by atoms with E-state index in [1.165, 1.54) is 6.08 Å². The summed E-state index contributed by atoms with van der Waals surface area (Å²) < 4.78 is 7.06. The minimum absolute atomic E-state index is 0.0718. The van der Waals surface area contributed by atoms with Gasteiger partial charge in [-0.25, -0.2) is 0 Å². The molecule has 0 saturated carbocycles. The topological polar surface area (TPSA) is 44.1 Å². The standard InChI is InChI=1S/C17H16N2O2/c1-3-4-11-21-16-8-5-14(6-9-16)7-10-17(20)15-12-18-19(2)13-15/h1,5-10,12-13H,4,11H2,2H3. The van der Waals surface area contributed by atoms with Crippen molar-refractivity contribution in [2.75, 3.05) is 6.61 Å². The summed E-state index contributed by atoms with van der Waals surface area (Å²) in [6.45, 7) is 0.505. The molecule has 0 bridgehead atoms. The number of ketones is 1. The number of hydrogen-bond acceptors (Lipinski definition) is 3. The average Bonchev–Trinajstić information content (AvgIpc) is 2.93. The molecular weight excluding hydrogens is 264 g/mol. The third-order valence-corrected chi connectivity index (χ3v) is 2.81. The van der Waals surface area contributed by atoms with Gasteiger partial charge in [-0.15, -0.1) is 12.3 Å². The first-order valence-corrected chi connectivity index (χ1v) is 6.56. The van der Waals surface area contributed by atoms with Crippen LogP contribution in [0.25, 0.3) is 6.08 Å². The van der Waals surface area contributed by atoms with E-state index in [-0.39, 0.29) is 5.78 Å². The van der Waals surface area contributed by atoms with E-state index in [0.29, 0.717) is 18.6 Å². The number of benzene rings is 1. The lowest BCUT2D eigenvalue weighted by atomic mass is 10.1. The third-order valence-electron chi connectivity index (χ3n) is 2.81. The molecule has 0 fully saturated rings. The highest BCUT2D eigenvalue weighted by Gasteiger charge is 2.03. The summed E-state index contributed by atoms with van der Waals surface area (Å²) in [5, 5.41) is 3.97. The zero-order valence-electron chi connectivity index (χ0n) is 11.8. The van der Waals surface area contributed by atoms with Gasteiger partial charge in [0.1, 0.15) is 5.75 Å². The number of allylic oxidation sites excluding steroid dienone is 1. The Hall–Kier alpha value is -2.80. The van der Waals surface area contributed by atoms with E-state index >= 15 is 0 Å². The van der Waals surface area contributed by atoms with Crippen LogP contribution in [-0.2, 0) is 7.05 Å². The van der Waals surface area contributed by atoms with Crippen molar-refractivity contribution in [3.05, 3.63) is 53.9 Å². The molecule has 4 nitrogen and oxygen atoms in total. The summed E-state index contributed by atoms with van der Waals surface area (Å²) in [4.78, 5) is 11.9. The number of carbonyl (C=O) groups excluding carboxylic acids is 1. The van der Waals surface area contributed by atoms with Gasteiger partial charge in [0.25, 0.3) is 0 Å². The van der Waals surface area contributed by atoms with E-state index < -0.39 is 0 Å². The lowest BCUT2D eigenvalue weighted by Crippen LogP contribution is -1.95. The number of nitrogens with zero attached hydrogens (tertiary/aromatic N) is 2. The largest absolute Gasteiger partial charge is 0.493 e. The summed E-state index contributed by atoms with van der Waals surface area (Å²) in [7, 11) is 1.78. The molecule has 1 aromatic heterocycles. The van der Waals surface area contributed by atoms with Crippen molar-refractivity contribution < 1.29 is 9.53 Å². The minimum atomic E-state index is -0.0718. The molecule has 2 aromatic rings. The Bertz CT molecular complexity index is 676. The van der Waals surface area contributed by atoms with E-state index in [2.05, 4.69) is 11.0 Å². The fourth-order valence-corrected chi connectivity index (χ4v) is 1.72. The van der Waals surface area contributed by atoms with Crippen molar-refractivity contribution in [3.8, 4) is 18.1 Å². The molecule has 0 aliphatic carbocycles. The molecule has 1 aromatic carbocycles. The molecule has 1 heterocycles. The van der Waals surface area contributed by atoms with Crippen molar-refractivity contribution in [2.45, 2.75) is 6.42 Å². The fourth-order valence-electron chi connectivity index (χ4n) is 1.72. The lowest BCUT2D eigenvalue weighted by Gasteiger charge is -2.03. The van der Waals surface area contributed by atoms with Crippen molar-refractivity contribution in [1.82, 2.24) is 9.78 Å². The normalized spacial score (nSPS) is 10.5. The number of aromatic nitrogens is 2. The highest BCUT2D eigenvalue weighted by atomic mass is 16.5. The second kappa shape index (κ2) is 7.11. The van der Waals surface area contributed by atoms with Crippen LogP contribution in [0.5, 0.6) is 5.75 Å². The highest BCUT2D eigenvalue weighted by Crippen LogP contribution is 2.13. The predicted molar refractivity (Wildman–Crippen MR) is 82.0 cm³/mol. The first-order valence-electron chi connectivity index (χ1n) is 6.56. The second-order valence-electron chi connectivity index (χ2n) is 4.47. The van der Waals surface area contributed by atoms with E-state index in [0.717, 1.165) is 11.3 Å². The van der Waals surface area contributed by atoms with Gasteiger partial charge in [0, 0.05) is 19.7 Å². The van der Waals surface area contributed by atoms with Crippen LogP contribution in [0, 0.1) is 12.3 Å². The van der Waals surface area contributed by atoms with Crippen LogP contribution >= 0.6 is 0 Å². The summed E-state index contributed by atoms with van der Waals surface area (Å²) in [5.41, 5.74) is 1.50. The maximum absolute atomic E-state index is 11.9. The van der Waals surface area contributed by atoms with E-state index in [1.807, 2.05) is 24.3 Å². The van der Waals surface area contributed by atoms with Gasteiger partial charge in [-0.1, -0.05) is 18.2 Å². The summed E-state index contributed by atoms with van der Waals surface area (Å²) in [6.07, 6.45) is 12.3. The van der Waals surface area contributed by atoms with Gasteiger partial charge in [0.15, 0.2) is 5.78 Å². The first-order chi connectivity index (χ1) is 10.2. The SMILES string of the molecule is C#CCCOc1ccc(C=CC(=O)c2cnn(C)c2)cc1. The Morgan fingerprint density at radius 2 is 2.19 bits per heavy atom. The molecule has 106 valence electrons. The Kier molecular flexibility index (Phi) is 4.94. The molecule has 21 heavy (non-hydrogen) atoms. The van der Waals surface area contributed by atoms with Gasteiger partial charge in [-0.3, -0.25) is 9.48 Å². The molecular formula is C17H16N2O2. The maximum atomic E-state index is 11.9. The lowest BCUT2D eigenvalue weighted by molar-refractivity contribution is 0.104. The van der Waals surface area contributed by atoms with E-state index in [1.54, 1.807) is 30.2 Å². The third kappa shape index (κ3) is 4.36. The van der Waals surface area contributed by atoms with Gasteiger partial charge in [0.05, 0.1) is 18.4 Å². The zero-order chi connectivity index (χ0) is 15.1. The van der Waals surface area contributed by atoms with Crippen LogP contribution in [-0.4, -0.2) is 22.2 Å². The van der Waals surface area contributed by atoms with Crippen LogP contribution in [0.4, 0.5) is 0 Å². The zero-order valence-corrected chi connectivity index (χ0v) is 11.8. The Labute approximate surface area is 124 Å². The molecule has 0 aliphatic rings. The molecule has 0 saturated heterocycles. The molecule has 0 radical (unpaired) electrons. The molecule has 0 N–H and O–H groups in total. The molecule has 0 spiro atoms. The van der Waals surface area contributed by atoms with Crippen molar-refractivity contribution in [3.63, 3.8) is 0 Å². The summed E-state index contributed by atoms with van der Waals surface area (Å²) in [6, 6.07) is 7.48. The Morgan fingerprint density at radius 3 is 2.81 bits per heavy atom. The van der Waals surface area contributed by atoms with Crippen LogP contribution in [0.1, 0.15) is 22.3 Å². The average molecular weight is 280 g/mol. The monoisotopic (exact) mass is 280 g/mol. The number of rotatable bonds is 6. The van der Waals surface area contributed by atoms with E-state index in [4.69, 9.17) is 11.2 Å². The van der Waals surface area contributed by atoms with Crippen LogP contribution in [0.2, 0.25) is 0 Å². The van der Waals surface area contributed by atoms with Gasteiger partial charge in [0.2, 0.25) is 0 Å². The molecule has 4 heteroatoms. The second-order valence-corrected chi connectivity index (χ2v) is 4.47. The van der Waals surface area contributed by atoms with Gasteiger partial charge in [-0.05, 0) is 23.8 Å². The van der Waals surface area contributed by atoms with Crippen LogP contribution < -0.4 is 4.74 Å². The number of terminal acetylenes is 1. The number of hydrogen-bond donors (Lipinski definition) is 0. The fraction of sp³-hybridized carbons (Fsp3) is 0.176. The van der Waals surface area contributed by atoms with Crippen molar-refractivity contribution in [1.29, 1.82) is 0 Å². The number of aryl methyl sites for hydroxylation is 1. The van der Waals surface area contributed by atoms with Gasteiger partial charge < -0.3 is 4.74 Å². The molecule has 0 atom stereocenters. The maximum Gasteiger partial charge on any atom is 0.189 e. The van der Waals surface area contributed by atoms with Crippen molar-refractivity contribution in [2.24, 2.45) is 7.05 Å².